The molecule has 0 atom stereocenters. The fourth-order valence-electron chi connectivity index (χ4n) is 2.24. The highest BCUT2D eigenvalue weighted by Gasteiger charge is 2.17. The van der Waals surface area contributed by atoms with Crippen molar-refractivity contribution in [2.45, 2.75) is 6.92 Å². The summed E-state index contributed by atoms with van der Waals surface area (Å²) in [6, 6.07) is 6.70. The molecule has 108 valence electrons. The van der Waals surface area contributed by atoms with Crippen LogP contribution in [0, 0.1) is 12.7 Å². The van der Waals surface area contributed by atoms with Crippen molar-refractivity contribution in [2.24, 2.45) is 0 Å². The molecule has 6 heteroatoms. The third kappa shape index (κ3) is 2.31. The molecule has 0 aliphatic rings. The van der Waals surface area contributed by atoms with Gasteiger partial charge in [0.05, 0.1) is 18.1 Å². The zero-order valence-corrected chi connectivity index (χ0v) is 12.7. The molecule has 1 aromatic carbocycles. The normalized spacial score (nSPS) is 10.9. The van der Waals surface area contributed by atoms with Crippen molar-refractivity contribution in [2.75, 3.05) is 19.5 Å². The van der Waals surface area contributed by atoms with Gasteiger partial charge in [-0.25, -0.2) is 14.4 Å². The molecular weight excluding hydrogens is 289 g/mol. The van der Waals surface area contributed by atoms with Crippen LogP contribution in [0.5, 0.6) is 5.75 Å². The standard InChI is InChI=1S/C15H14FN3OS/c1-8-7-9-13(17-2)18-14(19-15(9)21-8)12-10(16)5-4-6-11(12)20-3/h4-7H,1-3H3,(H,17,18,19). The second-order valence-electron chi connectivity index (χ2n) is 4.54. The van der Waals surface area contributed by atoms with Gasteiger partial charge in [-0.05, 0) is 25.1 Å². The molecule has 0 aliphatic carbocycles. The molecule has 0 aliphatic heterocycles. The van der Waals surface area contributed by atoms with Gasteiger partial charge in [0, 0.05) is 11.9 Å². The first-order chi connectivity index (χ1) is 10.1. The maximum atomic E-state index is 14.2. The SMILES string of the molecule is CNc1nc(-c2c(F)cccc2OC)nc2sc(C)cc12. The molecule has 0 bridgehead atoms. The fourth-order valence-corrected chi connectivity index (χ4v) is 3.12. The predicted molar refractivity (Wildman–Crippen MR) is 83.6 cm³/mol. The summed E-state index contributed by atoms with van der Waals surface area (Å²) >= 11 is 1.56. The van der Waals surface area contributed by atoms with Crippen LogP contribution in [0.1, 0.15) is 4.88 Å². The van der Waals surface area contributed by atoms with Gasteiger partial charge in [-0.15, -0.1) is 11.3 Å². The van der Waals surface area contributed by atoms with Gasteiger partial charge in [0.1, 0.15) is 22.2 Å². The van der Waals surface area contributed by atoms with E-state index in [1.165, 1.54) is 13.2 Å². The van der Waals surface area contributed by atoms with E-state index in [1.54, 1.807) is 30.5 Å². The van der Waals surface area contributed by atoms with Crippen molar-refractivity contribution in [3.63, 3.8) is 0 Å². The first kappa shape index (κ1) is 13.8. The van der Waals surface area contributed by atoms with Crippen molar-refractivity contribution < 1.29 is 9.13 Å². The van der Waals surface area contributed by atoms with Crippen molar-refractivity contribution in [3.8, 4) is 17.1 Å². The molecule has 0 unspecified atom stereocenters. The average molecular weight is 303 g/mol. The van der Waals surface area contributed by atoms with Crippen LogP contribution < -0.4 is 10.1 Å². The van der Waals surface area contributed by atoms with E-state index in [9.17, 15) is 4.39 Å². The van der Waals surface area contributed by atoms with Gasteiger partial charge in [0.2, 0.25) is 0 Å². The smallest absolute Gasteiger partial charge is 0.169 e. The van der Waals surface area contributed by atoms with E-state index < -0.39 is 5.82 Å². The highest BCUT2D eigenvalue weighted by molar-refractivity contribution is 7.18. The molecule has 0 radical (unpaired) electrons. The number of aromatic nitrogens is 2. The maximum Gasteiger partial charge on any atom is 0.169 e. The van der Waals surface area contributed by atoms with Gasteiger partial charge >= 0.3 is 0 Å². The maximum absolute atomic E-state index is 14.2. The zero-order chi connectivity index (χ0) is 15.0. The van der Waals surface area contributed by atoms with E-state index in [0.29, 0.717) is 17.4 Å². The van der Waals surface area contributed by atoms with Gasteiger partial charge in [0.15, 0.2) is 5.82 Å². The summed E-state index contributed by atoms with van der Waals surface area (Å²) in [7, 11) is 3.29. The number of hydrogen-bond acceptors (Lipinski definition) is 5. The number of nitrogens with one attached hydrogen (secondary N) is 1. The van der Waals surface area contributed by atoms with Crippen molar-refractivity contribution in [3.05, 3.63) is 35.0 Å². The summed E-state index contributed by atoms with van der Waals surface area (Å²) in [5, 5.41) is 3.99. The molecule has 1 N–H and O–H groups in total. The highest BCUT2D eigenvalue weighted by atomic mass is 32.1. The topological polar surface area (TPSA) is 47.0 Å². The number of thiophene rings is 1. The lowest BCUT2D eigenvalue weighted by Crippen LogP contribution is -2.00. The molecule has 2 aromatic heterocycles. The Morgan fingerprint density at radius 3 is 2.81 bits per heavy atom. The van der Waals surface area contributed by atoms with Gasteiger partial charge in [-0.3, -0.25) is 0 Å². The van der Waals surface area contributed by atoms with Gasteiger partial charge in [0.25, 0.3) is 0 Å². The van der Waals surface area contributed by atoms with Crippen LogP contribution in [0.15, 0.2) is 24.3 Å². The fraction of sp³-hybridized carbons (Fsp3) is 0.200. The molecule has 21 heavy (non-hydrogen) atoms. The Labute approximate surface area is 125 Å². The van der Waals surface area contributed by atoms with Crippen LogP contribution in [0.3, 0.4) is 0 Å². The Bertz CT molecular complexity index is 816. The summed E-state index contributed by atoms with van der Waals surface area (Å²) in [5.41, 5.74) is 0.282. The molecule has 0 spiro atoms. The summed E-state index contributed by atoms with van der Waals surface area (Å²) in [6.45, 7) is 2.01. The third-order valence-electron chi connectivity index (χ3n) is 3.17. The second kappa shape index (κ2) is 5.29. The first-order valence-corrected chi connectivity index (χ1v) is 7.24. The zero-order valence-electron chi connectivity index (χ0n) is 11.9. The molecule has 0 saturated carbocycles. The Hall–Kier alpha value is -2.21. The molecule has 2 heterocycles. The molecule has 0 saturated heterocycles. The lowest BCUT2D eigenvalue weighted by molar-refractivity contribution is 0.413. The minimum absolute atomic E-state index is 0.282. The number of rotatable bonds is 3. The summed E-state index contributed by atoms with van der Waals surface area (Å²) in [5.74, 6) is 1.03. The number of methoxy groups -OCH3 is 1. The average Bonchev–Trinajstić information content (AvgIpc) is 2.85. The van der Waals surface area contributed by atoms with Crippen LogP contribution in [-0.4, -0.2) is 24.1 Å². The van der Waals surface area contributed by atoms with E-state index in [2.05, 4.69) is 15.3 Å². The van der Waals surface area contributed by atoms with Crippen LogP contribution in [0.25, 0.3) is 21.6 Å². The van der Waals surface area contributed by atoms with Crippen molar-refractivity contribution in [1.29, 1.82) is 0 Å². The number of hydrogen-bond donors (Lipinski definition) is 1. The minimum Gasteiger partial charge on any atom is -0.496 e. The molecule has 0 fully saturated rings. The molecule has 4 nitrogen and oxygen atoms in total. The lowest BCUT2D eigenvalue weighted by atomic mass is 10.1. The predicted octanol–water partition coefficient (Wildman–Crippen LogP) is 3.86. The van der Waals surface area contributed by atoms with Crippen molar-refractivity contribution in [1.82, 2.24) is 9.97 Å². The quantitative estimate of drug-likeness (QED) is 0.798. The van der Waals surface area contributed by atoms with E-state index in [0.717, 1.165) is 15.1 Å². The van der Waals surface area contributed by atoms with Crippen LogP contribution in [0.2, 0.25) is 0 Å². The first-order valence-electron chi connectivity index (χ1n) is 6.43. The monoisotopic (exact) mass is 303 g/mol. The summed E-state index contributed by atoms with van der Waals surface area (Å²) in [6.07, 6.45) is 0. The van der Waals surface area contributed by atoms with Crippen LogP contribution in [-0.2, 0) is 0 Å². The minimum atomic E-state index is -0.399. The van der Waals surface area contributed by atoms with E-state index in [-0.39, 0.29) is 5.56 Å². The van der Waals surface area contributed by atoms with Gasteiger partial charge in [-0.1, -0.05) is 6.07 Å². The van der Waals surface area contributed by atoms with E-state index in [4.69, 9.17) is 4.74 Å². The second-order valence-corrected chi connectivity index (χ2v) is 5.77. The molecular formula is C15H14FN3OS. The number of halogens is 1. The Morgan fingerprint density at radius 1 is 1.29 bits per heavy atom. The van der Waals surface area contributed by atoms with Gasteiger partial charge in [-0.2, -0.15) is 0 Å². The molecule has 3 rings (SSSR count). The summed E-state index contributed by atoms with van der Waals surface area (Å²) in [4.78, 5) is 10.9. The third-order valence-corrected chi connectivity index (χ3v) is 4.12. The van der Waals surface area contributed by atoms with E-state index in [1.807, 2.05) is 13.0 Å². The van der Waals surface area contributed by atoms with Gasteiger partial charge < -0.3 is 10.1 Å². The number of aryl methyl sites for hydroxylation is 1. The lowest BCUT2D eigenvalue weighted by Gasteiger charge is -2.10. The van der Waals surface area contributed by atoms with Crippen LogP contribution in [0.4, 0.5) is 10.2 Å². The Morgan fingerprint density at radius 2 is 2.10 bits per heavy atom. The van der Waals surface area contributed by atoms with Crippen LogP contribution >= 0.6 is 11.3 Å². The van der Waals surface area contributed by atoms with Crippen molar-refractivity contribution >= 4 is 27.4 Å². The largest absolute Gasteiger partial charge is 0.496 e. The number of benzene rings is 1. The highest BCUT2D eigenvalue weighted by Crippen LogP contribution is 2.35. The number of ether oxygens (including phenoxy) is 1. The number of fused-ring (bicyclic) bond motifs is 1. The number of nitrogens with zero attached hydrogens (tertiary/aromatic N) is 2. The summed E-state index contributed by atoms with van der Waals surface area (Å²) < 4.78 is 19.4. The molecule has 0 amide bonds. The Balaban J connectivity index is 2.30. The Kier molecular flexibility index (Phi) is 3.47. The molecule has 3 aromatic rings. The van der Waals surface area contributed by atoms with E-state index >= 15 is 0 Å². The number of anilines is 1.